The lowest BCUT2D eigenvalue weighted by atomic mass is 10.1. The van der Waals surface area contributed by atoms with Gasteiger partial charge in [0.25, 0.3) is 5.56 Å². The van der Waals surface area contributed by atoms with Gasteiger partial charge >= 0.3 is 0 Å². The van der Waals surface area contributed by atoms with Crippen LogP contribution in [0.1, 0.15) is 37.0 Å². The van der Waals surface area contributed by atoms with Gasteiger partial charge in [0.05, 0.1) is 29.1 Å². The minimum absolute atomic E-state index is 0.0648. The number of carbonyl (C=O) groups is 1. The highest BCUT2D eigenvalue weighted by molar-refractivity contribution is 8.00. The number of furan rings is 1. The predicted molar refractivity (Wildman–Crippen MR) is 123 cm³/mol. The third kappa shape index (κ3) is 4.05. The Morgan fingerprint density at radius 3 is 2.81 bits per heavy atom. The molecule has 158 valence electrons. The van der Waals surface area contributed by atoms with Crippen LogP contribution >= 0.6 is 23.1 Å². The summed E-state index contributed by atoms with van der Waals surface area (Å²) in [4.78, 5) is 31.8. The molecule has 1 unspecified atom stereocenters. The molecular weight excluding hydrogens is 430 g/mol. The Bertz CT molecular complexity index is 1270. The van der Waals surface area contributed by atoms with E-state index in [4.69, 9.17) is 9.40 Å². The number of nitrogens with one attached hydrogen (secondary N) is 1. The van der Waals surface area contributed by atoms with Gasteiger partial charge in [-0.3, -0.25) is 14.2 Å². The smallest absolute Gasteiger partial charge is 0.267 e. The highest BCUT2D eigenvalue weighted by Crippen LogP contribution is 2.44. The maximum atomic E-state index is 13.6. The standard InChI is InChI=1S/C23H21N3O3S2/c1-14(20(27)24-12-17-8-5-11-29-17)31-23-25-21-19(18(13-30-21)15-9-10-15)22(28)26(23)16-6-3-2-4-7-16/h2-8,11,13-15H,9-10,12H2,1H3,(H,24,27). The Hall–Kier alpha value is -2.84. The van der Waals surface area contributed by atoms with Gasteiger partial charge in [0, 0.05) is 0 Å². The van der Waals surface area contributed by atoms with Crippen molar-refractivity contribution < 1.29 is 9.21 Å². The van der Waals surface area contributed by atoms with Crippen molar-refractivity contribution >= 4 is 39.2 Å². The van der Waals surface area contributed by atoms with Crippen LogP contribution in [0.3, 0.4) is 0 Å². The summed E-state index contributed by atoms with van der Waals surface area (Å²) >= 11 is 2.80. The zero-order valence-corrected chi connectivity index (χ0v) is 18.5. The number of carbonyl (C=O) groups excluding carboxylic acids is 1. The van der Waals surface area contributed by atoms with Crippen LogP contribution in [0, 0.1) is 0 Å². The molecule has 1 aliphatic rings. The molecule has 0 radical (unpaired) electrons. The fourth-order valence-electron chi connectivity index (χ4n) is 3.51. The highest BCUT2D eigenvalue weighted by Gasteiger charge is 2.29. The number of nitrogens with zero attached hydrogens (tertiary/aromatic N) is 2. The second kappa shape index (κ2) is 8.36. The Morgan fingerprint density at radius 1 is 1.29 bits per heavy atom. The topological polar surface area (TPSA) is 77.1 Å². The molecule has 1 amide bonds. The Labute approximate surface area is 187 Å². The van der Waals surface area contributed by atoms with Gasteiger partial charge in [-0.2, -0.15) is 0 Å². The lowest BCUT2D eigenvalue weighted by Crippen LogP contribution is -2.31. The fraction of sp³-hybridized carbons (Fsp3) is 0.261. The predicted octanol–water partition coefficient (Wildman–Crippen LogP) is 4.71. The molecule has 3 heterocycles. The number of thiophene rings is 1. The lowest BCUT2D eigenvalue weighted by Gasteiger charge is -2.16. The van der Waals surface area contributed by atoms with Crippen molar-refractivity contribution in [3.63, 3.8) is 0 Å². The molecule has 1 aliphatic carbocycles. The second-order valence-electron chi connectivity index (χ2n) is 7.57. The average molecular weight is 452 g/mol. The number of fused-ring (bicyclic) bond motifs is 1. The van der Waals surface area contributed by atoms with Crippen LogP contribution < -0.4 is 10.9 Å². The number of para-hydroxylation sites is 1. The van der Waals surface area contributed by atoms with Crippen molar-refractivity contribution in [3.8, 4) is 5.69 Å². The van der Waals surface area contributed by atoms with E-state index in [9.17, 15) is 9.59 Å². The SMILES string of the molecule is CC(Sc1nc2scc(C3CC3)c2c(=O)n1-c1ccccc1)C(=O)NCc1ccco1. The summed E-state index contributed by atoms with van der Waals surface area (Å²) in [7, 11) is 0. The van der Waals surface area contributed by atoms with Crippen LogP contribution in [0.2, 0.25) is 0 Å². The largest absolute Gasteiger partial charge is 0.467 e. The first-order valence-corrected chi connectivity index (χ1v) is 11.9. The lowest BCUT2D eigenvalue weighted by molar-refractivity contribution is -0.120. The molecule has 1 fully saturated rings. The zero-order chi connectivity index (χ0) is 21.4. The van der Waals surface area contributed by atoms with E-state index >= 15 is 0 Å². The Morgan fingerprint density at radius 2 is 2.10 bits per heavy atom. The van der Waals surface area contributed by atoms with Crippen molar-refractivity contribution in [1.29, 1.82) is 0 Å². The van der Waals surface area contributed by atoms with E-state index in [0.717, 1.165) is 34.3 Å². The van der Waals surface area contributed by atoms with Crippen LogP contribution in [0.4, 0.5) is 0 Å². The van der Waals surface area contributed by atoms with Crippen LogP contribution in [0.15, 0.2) is 68.5 Å². The first-order chi connectivity index (χ1) is 15.1. The third-order valence-corrected chi connectivity index (χ3v) is 7.25. The molecule has 5 rings (SSSR count). The molecule has 0 spiro atoms. The molecule has 3 aromatic heterocycles. The van der Waals surface area contributed by atoms with Crippen molar-refractivity contribution in [2.24, 2.45) is 0 Å². The fourth-order valence-corrected chi connectivity index (χ4v) is 5.53. The number of thioether (sulfide) groups is 1. The molecule has 31 heavy (non-hydrogen) atoms. The number of aromatic nitrogens is 2. The minimum atomic E-state index is -0.433. The molecular formula is C23H21N3O3S2. The van der Waals surface area contributed by atoms with Gasteiger partial charge in [-0.1, -0.05) is 30.0 Å². The maximum Gasteiger partial charge on any atom is 0.267 e. The molecule has 1 N–H and O–H groups in total. The second-order valence-corrected chi connectivity index (χ2v) is 9.74. The van der Waals surface area contributed by atoms with Crippen LogP contribution in [-0.4, -0.2) is 20.7 Å². The molecule has 6 nitrogen and oxygen atoms in total. The van der Waals surface area contributed by atoms with E-state index in [-0.39, 0.29) is 11.5 Å². The molecule has 4 aromatic rings. The van der Waals surface area contributed by atoms with Gasteiger partial charge in [0.1, 0.15) is 10.6 Å². The molecule has 0 aliphatic heterocycles. The zero-order valence-electron chi connectivity index (χ0n) is 16.9. The molecule has 0 saturated heterocycles. The number of hydrogen-bond donors (Lipinski definition) is 1. The molecule has 1 aromatic carbocycles. The van der Waals surface area contributed by atoms with E-state index in [2.05, 4.69) is 10.7 Å². The van der Waals surface area contributed by atoms with Crippen molar-refractivity contribution in [1.82, 2.24) is 14.9 Å². The Kier molecular flexibility index (Phi) is 5.41. The summed E-state index contributed by atoms with van der Waals surface area (Å²) in [5, 5.41) is 5.75. The van der Waals surface area contributed by atoms with E-state index in [0.29, 0.717) is 23.4 Å². The van der Waals surface area contributed by atoms with Crippen LogP contribution in [-0.2, 0) is 11.3 Å². The quantitative estimate of drug-likeness (QED) is 0.325. The summed E-state index contributed by atoms with van der Waals surface area (Å²) in [6, 6.07) is 13.1. The van der Waals surface area contributed by atoms with Gasteiger partial charge < -0.3 is 9.73 Å². The highest BCUT2D eigenvalue weighted by atomic mass is 32.2. The van der Waals surface area contributed by atoms with E-state index < -0.39 is 5.25 Å². The molecule has 1 atom stereocenters. The average Bonchev–Trinajstić information content (AvgIpc) is 3.31. The van der Waals surface area contributed by atoms with Gasteiger partial charge in [0.15, 0.2) is 5.16 Å². The minimum Gasteiger partial charge on any atom is -0.467 e. The summed E-state index contributed by atoms with van der Waals surface area (Å²) in [6.07, 6.45) is 3.83. The first-order valence-electron chi connectivity index (χ1n) is 10.2. The normalized spacial score (nSPS) is 14.6. The number of benzene rings is 1. The third-order valence-electron chi connectivity index (χ3n) is 5.31. The molecule has 8 heteroatoms. The van der Waals surface area contributed by atoms with Crippen molar-refractivity contribution in [3.05, 3.63) is 75.8 Å². The Balaban J connectivity index is 1.50. The van der Waals surface area contributed by atoms with Crippen molar-refractivity contribution in [2.75, 3.05) is 0 Å². The summed E-state index contributed by atoms with van der Waals surface area (Å²) in [6.45, 7) is 2.14. The van der Waals surface area contributed by atoms with E-state index in [1.807, 2.05) is 43.3 Å². The molecule has 0 bridgehead atoms. The summed E-state index contributed by atoms with van der Waals surface area (Å²) in [5.74, 6) is 1.02. The van der Waals surface area contributed by atoms with Gasteiger partial charge in [-0.25, -0.2) is 4.98 Å². The van der Waals surface area contributed by atoms with Crippen LogP contribution in [0.5, 0.6) is 0 Å². The number of amides is 1. The van der Waals surface area contributed by atoms with Gasteiger partial charge in [-0.15, -0.1) is 11.3 Å². The maximum absolute atomic E-state index is 13.6. The first kappa shape index (κ1) is 20.1. The summed E-state index contributed by atoms with van der Waals surface area (Å²) < 4.78 is 6.91. The number of rotatable bonds is 7. The molecule has 1 saturated carbocycles. The van der Waals surface area contributed by atoms with Gasteiger partial charge in [-0.05, 0) is 60.9 Å². The van der Waals surface area contributed by atoms with Crippen LogP contribution in [0.25, 0.3) is 15.9 Å². The summed E-state index contributed by atoms with van der Waals surface area (Å²) in [5.41, 5.74) is 1.80. The van der Waals surface area contributed by atoms with E-state index in [1.165, 1.54) is 23.1 Å². The van der Waals surface area contributed by atoms with Gasteiger partial charge in [0.2, 0.25) is 5.91 Å². The van der Waals surface area contributed by atoms with E-state index in [1.54, 1.807) is 16.9 Å². The monoisotopic (exact) mass is 451 g/mol. The number of hydrogen-bond acceptors (Lipinski definition) is 6. The van der Waals surface area contributed by atoms with Crippen molar-refractivity contribution in [2.45, 2.75) is 42.6 Å².